The van der Waals surface area contributed by atoms with Crippen molar-refractivity contribution in [1.82, 2.24) is 15.3 Å². The fraction of sp³-hybridized carbons (Fsp3) is 0.435. The molecule has 4 unspecified atom stereocenters. The Kier molecular flexibility index (Phi) is 5.04. The summed E-state index contributed by atoms with van der Waals surface area (Å²) in [4.78, 5) is 20.8. The first-order valence-electron chi connectivity index (χ1n) is 10.9. The van der Waals surface area contributed by atoms with Crippen LogP contribution in [0.1, 0.15) is 37.0 Å². The number of halogens is 1. The minimum atomic E-state index is -0.403. The monoisotopic (exact) mass is 471 g/mol. The number of nitrogens with zero attached hydrogens (tertiary/aromatic N) is 2. The molecule has 1 amide bonds. The molecular weight excluding hydrogens is 446 g/mol. The molecule has 10 heteroatoms. The van der Waals surface area contributed by atoms with E-state index in [1.807, 2.05) is 0 Å². The van der Waals surface area contributed by atoms with Crippen LogP contribution in [0.25, 0.3) is 22.3 Å². The van der Waals surface area contributed by atoms with Gasteiger partial charge in [-0.25, -0.2) is 4.98 Å². The van der Waals surface area contributed by atoms with Crippen LogP contribution in [0.4, 0.5) is 11.8 Å². The third kappa shape index (κ3) is 3.34. The van der Waals surface area contributed by atoms with E-state index in [0.717, 1.165) is 12.8 Å². The Morgan fingerprint density at radius 3 is 2.82 bits per heavy atom. The zero-order chi connectivity index (χ0) is 23.5. The number of nitrogens with one attached hydrogen (secondary N) is 2. The number of nitrogens with two attached hydrogens (primary N) is 1. The summed E-state index contributed by atoms with van der Waals surface area (Å²) in [7, 11) is 0. The van der Waals surface area contributed by atoms with Gasteiger partial charge in [0, 0.05) is 28.4 Å². The van der Waals surface area contributed by atoms with Gasteiger partial charge < -0.3 is 31.0 Å². The quantitative estimate of drug-likeness (QED) is 0.345. The number of aliphatic hydroxyl groups excluding tert-OH is 2. The van der Waals surface area contributed by atoms with Crippen LogP contribution >= 0.6 is 11.6 Å². The molecule has 33 heavy (non-hydrogen) atoms. The van der Waals surface area contributed by atoms with Crippen LogP contribution in [-0.2, 0) is 0 Å². The van der Waals surface area contributed by atoms with E-state index in [2.05, 4.69) is 34.4 Å². The molecule has 2 aliphatic rings. The number of hydrogen-bond acceptors (Lipinski definition) is 8. The van der Waals surface area contributed by atoms with Gasteiger partial charge in [-0.15, -0.1) is 0 Å². The highest BCUT2D eigenvalue weighted by Gasteiger charge is 2.73. The molecule has 2 aromatic heterocycles. The predicted octanol–water partition coefficient (Wildman–Crippen LogP) is 2.81. The smallest absolute Gasteiger partial charge is 0.251 e. The summed E-state index contributed by atoms with van der Waals surface area (Å²) in [5.74, 6) is 0.880. The maximum Gasteiger partial charge on any atom is 0.251 e. The lowest BCUT2D eigenvalue weighted by molar-refractivity contribution is 0.0945. The van der Waals surface area contributed by atoms with Crippen LogP contribution in [0.2, 0.25) is 5.15 Å². The number of carbonyl (C=O) groups excluding carboxylic acids is 1. The average Bonchev–Trinajstić information content (AvgIpc) is 3.03. The number of aromatic nitrogens is 2. The Morgan fingerprint density at radius 2 is 2.12 bits per heavy atom. The van der Waals surface area contributed by atoms with Crippen LogP contribution in [-0.4, -0.2) is 50.9 Å². The van der Waals surface area contributed by atoms with Gasteiger partial charge >= 0.3 is 0 Å². The van der Waals surface area contributed by atoms with Gasteiger partial charge in [0.1, 0.15) is 22.3 Å². The molecule has 174 valence electrons. The lowest BCUT2D eigenvalue weighted by Gasteiger charge is -2.35. The maximum atomic E-state index is 12.3. The summed E-state index contributed by atoms with van der Waals surface area (Å²) < 4.78 is 6.05. The molecule has 4 atom stereocenters. The number of benzene rings is 1. The highest BCUT2D eigenvalue weighted by molar-refractivity contribution is 6.32. The summed E-state index contributed by atoms with van der Waals surface area (Å²) >= 11 is 6.51. The molecule has 0 aliphatic heterocycles. The topological polar surface area (TPSA) is 147 Å². The minimum absolute atomic E-state index is 0.0323. The second-order valence-electron chi connectivity index (χ2n) is 9.27. The fourth-order valence-electron chi connectivity index (χ4n) is 5.28. The zero-order valence-electron chi connectivity index (χ0n) is 18.4. The Hall–Kier alpha value is -2.88. The van der Waals surface area contributed by atoms with Crippen LogP contribution in [0.15, 0.2) is 28.7 Å². The Balaban J connectivity index is 1.53. The van der Waals surface area contributed by atoms with Crippen molar-refractivity contribution in [3.05, 3.63) is 35.0 Å². The van der Waals surface area contributed by atoms with Crippen LogP contribution < -0.4 is 16.4 Å². The van der Waals surface area contributed by atoms with Crippen molar-refractivity contribution in [1.29, 1.82) is 0 Å². The van der Waals surface area contributed by atoms with E-state index in [-0.39, 0.29) is 47.6 Å². The third-order valence-electron chi connectivity index (χ3n) is 7.50. The van der Waals surface area contributed by atoms with Gasteiger partial charge in [0.25, 0.3) is 5.91 Å². The largest absolute Gasteiger partial charge is 0.456 e. The number of fused-ring (bicyclic) bond motifs is 2. The van der Waals surface area contributed by atoms with Crippen molar-refractivity contribution < 1.29 is 19.4 Å². The first-order chi connectivity index (χ1) is 15.7. The second kappa shape index (κ2) is 7.58. The number of rotatable bonds is 6. The van der Waals surface area contributed by atoms with Crippen molar-refractivity contribution in [2.75, 3.05) is 24.2 Å². The van der Waals surface area contributed by atoms with E-state index in [4.69, 9.17) is 26.9 Å². The first-order valence-corrected chi connectivity index (χ1v) is 11.3. The number of hydrogen-bond donors (Lipinski definition) is 5. The van der Waals surface area contributed by atoms with Crippen LogP contribution in [0, 0.1) is 11.3 Å². The fourth-order valence-corrected chi connectivity index (χ4v) is 5.55. The van der Waals surface area contributed by atoms with Crippen molar-refractivity contribution in [2.45, 2.75) is 38.3 Å². The molecule has 1 aromatic carbocycles. The summed E-state index contributed by atoms with van der Waals surface area (Å²) in [6.45, 7) is 4.20. The summed E-state index contributed by atoms with van der Waals surface area (Å²) in [6, 6.07) is 6.84. The summed E-state index contributed by atoms with van der Waals surface area (Å²) in [6.07, 6.45) is 1.44. The van der Waals surface area contributed by atoms with E-state index < -0.39 is 5.54 Å². The number of anilines is 2. The predicted molar refractivity (Wildman–Crippen MR) is 125 cm³/mol. The second-order valence-corrected chi connectivity index (χ2v) is 9.63. The zero-order valence-corrected chi connectivity index (χ0v) is 19.1. The van der Waals surface area contributed by atoms with E-state index in [9.17, 15) is 9.90 Å². The van der Waals surface area contributed by atoms with Gasteiger partial charge in [-0.1, -0.05) is 18.5 Å². The molecule has 2 heterocycles. The maximum absolute atomic E-state index is 12.3. The molecule has 3 aromatic rings. The normalized spacial score (nSPS) is 28.0. The molecule has 2 fully saturated rings. The molecule has 6 N–H and O–H groups in total. The van der Waals surface area contributed by atoms with E-state index >= 15 is 0 Å². The standard InChI is InChI=1S/C23H26ClN5O4/c1-22(6-5-13-17(31)23(13,22)2)29-19-16(18(24)27-21(25)28-19)15-10-12-9-11(3-4-14(12)33-15)20(32)26-7-8-30/h3-4,9-10,13,17,30-31H,5-8H2,1-2H3,(H,26,32)(H3,25,27,28,29). The number of furan rings is 1. The van der Waals surface area contributed by atoms with E-state index in [1.54, 1.807) is 24.3 Å². The third-order valence-corrected chi connectivity index (χ3v) is 7.77. The highest BCUT2D eigenvalue weighted by atomic mass is 35.5. The summed E-state index contributed by atoms with van der Waals surface area (Å²) in [5, 5.41) is 26.3. The number of amides is 1. The molecule has 0 saturated heterocycles. The highest BCUT2D eigenvalue weighted by Crippen LogP contribution is 2.68. The van der Waals surface area contributed by atoms with Gasteiger partial charge in [0.05, 0.1) is 18.3 Å². The van der Waals surface area contributed by atoms with Gasteiger partial charge in [-0.3, -0.25) is 4.79 Å². The van der Waals surface area contributed by atoms with Gasteiger partial charge in [-0.05, 0) is 49.9 Å². The van der Waals surface area contributed by atoms with Crippen molar-refractivity contribution in [3.8, 4) is 11.3 Å². The SMILES string of the molecule is CC1(Nc2nc(N)nc(Cl)c2-c2cc3cc(C(=O)NCCO)ccc3o2)CCC2C(O)C21C. The number of carbonyl (C=O) groups is 1. The van der Waals surface area contributed by atoms with Crippen molar-refractivity contribution >= 4 is 40.2 Å². The molecule has 5 rings (SSSR count). The van der Waals surface area contributed by atoms with Crippen LogP contribution in [0.5, 0.6) is 0 Å². The molecule has 9 nitrogen and oxygen atoms in total. The minimum Gasteiger partial charge on any atom is -0.456 e. The van der Waals surface area contributed by atoms with Gasteiger partial charge in [-0.2, -0.15) is 4.98 Å². The van der Waals surface area contributed by atoms with Gasteiger partial charge in [0.15, 0.2) is 0 Å². The molecule has 0 bridgehead atoms. The molecule has 2 aliphatic carbocycles. The lowest BCUT2D eigenvalue weighted by atomic mass is 9.84. The van der Waals surface area contributed by atoms with E-state index in [1.165, 1.54) is 0 Å². The number of nitrogen functional groups attached to an aromatic ring is 1. The molecular formula is C23H26ClN5O4. The van der Waals surface area contributed by atoms with Crippen molar-refractivity contribution in [2.24, 2.45) is 11.3 Å². The Morgan fingerprint density at radius 1 is 1.33 bits per heavy atom. The van der Waals surface area contributed by atoms with Gasteiger partial charge in [0.2, 0.25) is 5.95 Å². The number of aliphatic hydroxyl groups is 2. The average molecular weight is 472 g/mol. The van der Waals surface area contributed by atoms with Crippen molar-refractivity contribution in [3.63, 3.8) is 0 Å². The lowest BCUT2D eigenvalue weighted by Crippen LogP contribution is -2.43. The molecule has 0 radical (unpaired) electrons. The summed E-state index contributed by atoms with van der Waals surface area (Å²) in [5.41, 5.74) is 6.73. The first kappa shape index (κ1) is 21.9. The molecule has 2 saturated carbocycles. The molecule has 0 spiro atoms. The Bertz CT molecular complexity index is 1260. The van der Waals surface area contributed by atoms with E-state index in [0.29, 0.717) is 33.7 Å². The Labute approximate surface area is 195 Å². The van der Waals surface area contributed by atoms with Crippen LogP contribution in [0.3, 0.4) is 0 Å².